The molecular weight excluding hydrogens is 282 g/mol. The van der Waals surface area contributed by atoms with Gasteiger partial charge < -0.3 is 10.2 Å². The highest BCUT2D eigenvalue weighted by Gasteiger charge is 2.19. The molecule has 0 aliphatic heterocycles. The Morgan fingerprint density at radius 3 is 2.57 bits per heavy atom. The van der Waals surface area contributed by atoms with Crippen LogP contribution in [0.2, 0.25) is 5.02 Å². The average Bonchev–Trinajstić information content (AvgIpc) is 2.88. The van der Waals surface area contributed by atoms with Gasteiger partial charge in [0.25, 0.3) is 0 Å². The molecule has 0 aliphatic rings. The van der Waals surface area contributed by atoms with E-state index in [1.807, 2.05) is 42.5 Å². The minimum atomic E-state index is -0.122. The first-order valence-electron chi connectivity index (χ1n) is 7.20. The summed E-state index contributed by atoms with van der Waals surface area (Å²) in [6, 6.07) is 15.8. The maximum absolute atomic E-state index is 6.46. The molecule has 1 unspecified atom stereocenters. The van der Waals surface area contributed by atoms with E-state index in [0.29, 0.717) is 6.42 Å². The van der Waals surface area contributed by atoms with E-state index >= 15 is 0 Å². The summed E-state index contributed by atoms with van der Waals surface area (Å²) in [7, 11) is 0. The molecule has 3 rings (SSSR count). The molecule has 0 spiro atoms. The third-order valence-electron chi connectivity index (χ3n) is 3.80. The second-order valence-corrected chi connectivity index (χ2v) is 5.60. The van der Waals surface area contributed by atoms with E-state index in [1.54, 1.807) is 0 Å². The van der Waals surface area contributed by atoms with E-state index in [1.165, 1.54) is 0 Å². The Labute approximate surface area is 129 Å². The van der Waals surface area contributed by atoms with E-state index in [0.717, 1.165) is 39.3 Å². The molecule has 0 aliphatic carbocycles. The lowest BCUT2D eigenvalue weighted by atomic mass is 9.96. The fraction of sp³-hybridized carbons (Fsp3) is 0.222. The maximum atomic E-state index is 6.46. The van der Waals surface area contributed by atoms with E-state index in [-0.39, 0.29) is 6.04 Å². The second kappa shape index (κ2) is 5.92. The molecule has 2 aromatic carbocycles. The predicted molar refractivity (Wildman–Crippen MR) is 87.7 cm³/mol. The van der Waals surface area contributed by atoms with Gasteiger partial charge in [-0.05, 0) is 24.1 Å². The smallest absolute Gasteiger partial charge is 0.134 e. The fourth-order valence-electron chi connectivity index (χ4n) is 2.79. The maximum Gasteiger partial charge on any atom is 0.134 e. The summed E-state index contributed by atoms with van der Waals surface area (Å²) >= 11 is 6.24. The number of hydrogen-bond donors (Lipinski definition) is 1. The molecule has 2 nitrogen and oxygen atoms in total. The van der Waals surface area contributed by atoms with Crippen LogP contribution in [0, 0.1) is 0 Å². The number of fused-ring (bicyclic) bond motifs is 1. The normalized spacial score (nSPS) is 12.7. The van der Waals surface area contributed by atoms with Crippen LogP contribution in [-0.2, 0) is 12.8 Å². The van der Waals surface area contributed by atoms with Gasteiger partial charge in [-0.2, -0.15) is 0 Å². The third kappa shape index (κ3) is 2.69. The Balaban J connectivity index is 2.01. The van der Waals surface area contributed by atoms with Crippen LogP contribution in [-0.4, -0.2) is 0 Å². The van der Waals surface area contributed by atoms with Crippen molar-refractivity contribution in [3.8, 4) is 0 Å². The molecular formula is C18H18ClNO. The molecule has 3 aromatic rings. The Morgan fingerprint density at radius 1 is 1.10 bits per heavy atom. The average molecular weight is 300 g/mol. The zero-order valence-corrected chi connectivity index (χ0v) is 12.7. The van der Waals surface area contributed by atoms with Crippen molar-refractivity contribution in [3.05, 3.63) is 70.4 Å². The first kappa shape index (κ1) is 14.2. The molecule has 1 aromatic heterocycles. The first-order chi connectivity index (χ1) is 10.2. The molecule has 0 amide bonds. The molecule has 0 radical (unpaired) electrons. The number of benzene rings is 2. The van der Waals surface area contributed by atoms with E-state index < -0.39 is 0 Å². The number of halogens is 1. The molecule has 0 saturated heterocycles. The van der Waals surface area contributed by atoms with Gasteiger partial charge in [-0.25, -0.2) is 0 Å². The van der Waals surface area contributed by atoms with Crippen LogP contribution < -0.4 is 5.73 Å². The monoisotopic (exact) mass is 299 g/mol. The van der Waals surface area contributed by atoms with Crippen LogP contribution in [0.1, 0.15) is 29.9 Å². The highest BCUT2D eigenvalue weighted by molar-refractivity contribution is 6.31. The van der Waals surface area contributed by atoms with Crippen LogP contribution >= 0.6 is 11.6 Å². The van der Waals surface area contributed by atoms with Crippen LogP contribution in [0.3, 0.4) is 0 Å². The minimum absolute atomic E-state index is 0.122. The van der Waals surface area contributed by atoms with Gasteiger partial charge in [-0.3, -0.25) is 0 Å². The summed E-state index contributed by atoms with van der Waals surface area (Å²) in [6.45, 7) is 2.09. The van der Waals surface area contributed by atoms with Gasteiger partial charge in [0.2, 0.25) is 0 Å². The molecule has 21 heavy (non-hydrogen) atoms. The molecule has 0 fully saturated rings. The van der Waals surface area contributed by atoms with E-state index in [4.69, 9.17) is 21.8 Å². The molecule has 108 valence electrons. The predicted octanol–water partition coefficient (Wildman–Crippen LogP) is 4.89. The number of rotatable bonds is 4. The van der Waals surface area contributed by atoms with Gasteiger partial charge in [0.15, 0.2) is 0 Å². The fourth-order valence-corrected chi connectivity index (χ4v) is 3.00. The van der Waals surface area contributed by atoms with Crippen LogP contribution in [0.25, 0.3) is 11.0 Å². The molecule has 1 heterocycles. The SMILES string of the molecule is CCc1oc2ccccc2c1C(N)Cc1ccccc1Cl. The summed E-state index contributed by atoms with van der Waals surface area (Å²) in [5, 5.41) is 1.87. The minimum Gasteiger partial charge on any atom is -0.461 e. The largest absolute Gasteiger partial charge is 0.461 e. The molecule has 3 heteroatoms. The summed E-state index contributed by atoms with van der Waals surface area (Å²) in [6.07, 6.45) is 1.54. The van der Waals surface area contributed by atoms with Crippen molar-refractivity contribution in [3.63, 3.8) is 0 Å². The van der Waals surface area contributed by atoms with Crippen molar-refractivity contribution in [2.75, 3.05) is 0 Å². The third-order valence-corrected chi connectivity index (χ3v) is 4.17. The zero-order chi connectivity index (χ0) is 14.8. The van der Waals surface area contributed by atoms with Crippen LogP contribution in [0.15, 0.2) is 52.9 Å². The Bertz CT molecular complexity index is 763. The van der Waals surface area contributed by atoms with Crippen molar-refractivity contribution in [2.45, 2.75) is 25.8 Å². The van der Waals surface area contributed by atoms with Crippen molar-refractivity contribution < 1.29 is 4.42 Å². The molecule has 0 saturated carbocycles. The van der Waals surface area contributed by atoms with Gasteiger partial charge in [0.1, 0.15) is 11.3 Å². The summed E-state index contributed by atoms with van der Waals surface area (Å²) in [4.78, 5) is 0. The van der Waals surface area contributed by atoms with E-state index in [9.17, 15) is 0 Å². The van der Waals surface area contributed by atoms with Crippen molar-refractivity contribution >= 4 is 22.6 Å². The lowest BCUT2D eigenvalue weighted by Crippen LogP contribution is -2.14. The highest BCUT2D eigenvalue weighted by atomic mass is 35.5. The second-order valence-electron chi connectivity index (χ2n) is 5.19. The summed E-state index contributed by atoms with van der Waals surface area (Å²) < 4.78 is 5.92. The molecule has 1 atom stereocenters. The van der Waals surface area contributed by atoms with Crippen molar-refractivity contribution in [1.29, 1.82) is 0 Å². The summed E-state index contributed by atoms with van der Waals surface area (Å²) in [5.41, 5.74) is 9.54. The molecule has 2 N–H and O–H groups in total. The van der Waals surface area contributed by atoms with Gasteiger partial charge in [-0.15, -0.1) is 0 Å². The first-order valence-corrected chi connectivity index (χ1v) is 7.57. The Morgan fingerprint density at radius 2 is 1.81 bits per heavy atom. The highest BCUT2D eigenvalue weighted by Crippen LogP contribution is 2.32. The Kier molecular flexibility index (Phi) is 4.00. The lowest BCUT2D eigenvalue weighted by Gasteiger charge is -2.13. The van der Waals surface area contributed by atoms with Crippen LogP contribution in [0.5, 0.6) is 0 Å². The number of furan rings is 1. The Hall–Kier alpha value is -1.77. The number of para-hydroxylation sites is 1. The van der Waals surface area contributed by atoms with E-state index in [2.05, 4.69) is 13.0 Å². The zero-order valence-electron chi connectivity index (χ0n) is 12.0. The quantitative estimate of drug-likeness (QED) is 0.745. The summed E-state index contributed by atoms with van der Waals surface area (Å²) in [5.74, 6) is 0.968. The van der Waals surface area contributed by atoms with Crippen molar-refractivity contribution in [1.82, 2.24) is 0 Å². The van der Waals surface area contributed by atoms with Gasteiger partial charge in [0.05, 0.1) is 0 Å². The number of nitrogens with two attached hydrogens (primary N) is 1. The molecule has 0 bridgehead atoms. The van der Waals surface area contributed by atoms with Gasteiger partial charge in [-0.1, -0.05) is 54.9 Å². The van der Waals surface area contributed by atoms with Crippen LogP contribution in [0.4, 0.5) is 0 Å². The number of hydrogen-bond acceptors (Lipinski definition) is 2. The topological polar surface area (TPSA) is 39.2 Å². The lowest BCUT2D eigenvalue weighted by molar-refractivity contribution is 0.540. The number of aryl methyl sites for hydroxylation is 1. The van der Waals surface area contributed by atoms with Gasteiger partial charge >= 0.3 is 0 Å². The standard InChI is InChI=1S/C18H18ClNO/c1-2-16-18(13-8-4-6-10-17(13)21-16)15(20)11-12-7-3-5-9-14(12)19/h3-10,15H,2,11,20H2,1H3. The van der Waals surface area contributed by atoms with Crippen molar-refractivity contribution in [2.24, 2.45) is 5.73 Å². The van der Waals surface area contributed by atoms with Gasteiger partial charge in [0, 0.05) is 28.4 Å².